The molecule has 0 aliphatic carbocycles. The van der Waals surface area contributed by atoms with Crippen molar-refractivity contribution in [1.29, 1.82) is 0 Å². The maximum atomic E-state index is 10.9. The maximum absolute atomic E-state index is 10.9. The first-order chi connectivity index (χ1) is 11.0. The van der Waals surface area contributed by atoms with Gasteiger partial charge in [-0.25, -0.2) is 0 Å². The van der Waals surface area contributed by atoms with Crippen LogP contribution < -0.4 is 14.2 Å². The second kappa shape index (κ2) is 6.97. The number of nitro benzene ring substituents is 1. The number of aliphatic hydroxyl groups excluding tert-OH is 1. The molecule has 0 saturated heterocycles. The third-order valence-corrected chi connectivity index (χ3v) is 3.44. The van der Waals surface area contributed by atoms with E-state index in [2.05, 4.69) is 0 Å². The summed E-state index contributed by atoms with van der Waals surface area (Å²) in [6.45, 7) is 0. The fourth-order valence-corrected chi connectivity index (χ4v) is 2.23. The lowest BCUT2D eigenvalue weighted by atomic mass is 10.0. The molecule has 0 fully saturated rings. The molecule has 0 saturated carbocycles. The largest absolute Gasteiger partial charge is 0.493 e. The summed E-state index contributed by atoms with van der Waals surface area (Å²) in [5.41, 5.74) is 0.883. The highest BCUT2D eigenvalue weighted by molar-refractivity contribution is 5.51. The number of benzene rings is 2. The average Bonchev–Trinajstić information content (AvgIpc) is 2.59. The van der Waals surface area contributed by atoms with Gasteiger partial charge in [0.1, 0.15) is 6.10 Å². The number of rotatable bonds is 6. The maximum Gasteiger partial charge on any atom is 0.310 e. The van der Waals surface area contributed by atoms with Crippen LogP contribution in [0, 0.1) is 10.1 Å². The Bertz CT molecular complexity index is 716. The molecule has 2 aromatic rings. The molecule has 0 bridgehead atoms. The lowest BCUT2D eigenvalue weighted by Crippen LogP contribution is -2.02. The van der Waals surface area contributed by atoms with E-state index >= 15 is 0 Å². The van der Waals surface area contributed by atoms with Gasteiger partial charge in [-0.2, -0.15) is 0 Å². The lowest BCUT2D eigenvalue weighted by Gasteiger charge is -2.15. The van der Waals surface area contributed by atoms with Crippen LogP contribution in [0.4, 0.5) is 5.69 Å². The summed E-state index contributed by atoms with van der Waals surface area (Å²) in [5.74, 6) is 1.12. The van der Waals surface area contributed by atoms with E-state index in [4.69, 9.17) is 14.2 Å². The minimum atomic E-state index is -0.982. The number of methoxy groups -OCH3 is 3. The topological polar surface area (TPSA) is 91.1 Å². The standard InChI is InChI=1S/C16H17NO6/c1-21-13-7-5-11(9-15(13)23-3)16(18)10-4-6-12(17(19)20)14(8-10)22-2/h4-9,16,18H,1-3H3. The zero-order valence-corrected chi connectivity index (χ0v) is 13.0. The van der Waals surface area contributed by atoms with E-state index in [1.165, 1.54) is 39.5 Å². The van der Waals surface area contributed by atoms with Crippen molar-refractivity contribution in [3.63, 3.8) is 0 Å². The molecule has 0 spiro atoms. The molecular weight excluding hydrogens is 302 g/mol. The van der Waals surface area contributed by atoms with Gasteiger partial charge in [0.05, 0.1) is 26.3 Å². The van der Waals surface area contributed by atoms with Gasteiger partial charge < -0.3 is 19.3 Å². The van der Waals surface area contributed by atoms with Gasteiger partial charge in [-0.1, -0.05) is 6.07 Å². The third kappa shape index (κ3) is 3.35. The van der Waals surface area contributed by atoms with E-state index in [1.807, 2.05) is 0 Å². The number of hydrogen-bond donors (Lipinski definition) is 1. The number of nitro groups is 1. The molecule has 1 atom stereocenters. The molecule has 2 rings (SSSR count). The van der Waals surface area contributed by atoms with Gasteiger partial charge >= 0.3 is 5.69 Å². The molecule has 0 aliphatic heterocycles. The highest BCUT2D eigenvalue weighted by atomic mass is 16.6. The van der Waals surface area contributed by atoms with Crippen LogP contribution in [0.15, 0.2) is 36.4 Å². The van der Waals surface area contributed by atoms with Crippen LogP contribution in [0.25, 0.3) is 0 Å². The monoisotopic (exact) mass is 319 g/mol. The normalized spacial score (nSPS) is 11.7. The van der Waals surface area contributed by atoms with Crippen molar-refractivity contribution in [3.05, 3.63) is 57.6 Å². The molecule has 2 aromatic carbocycles. The van der Waals surface area contributed by atoms with Crippen LogP contribution >= 0.6 is 0 Å². The first-order valence-electron chi connectivity index (χ1n) is 6.74. The fraction of sp³-hybridized carbons (Fsp3) is 0.250. The number of aliphatic hydroxyl groups is 1. The molecule has 0 radical (unpaired) electrons. The summed E-state index contributed by atoms with van der Waals surface area (Å²) in [6, 6.07) is 9.26. The van der Waals surface area contributed by atoms with Crippen molar-refractivity contribution in [2.45, 2.75) is 6.10 Å². The molecule has 7 nitrogen and oxygen atoms in total. The summed E-state index contributed by atoms with van der Waals surface area (Å²) in [5, 5.41) is 21.4. The zero-order valence-electron chi connectivity index (χ0n) is 13.0. The van der Waals surface area contributed by atoms with E-state index in [9.17, 15) is 15.2 Å². The zero-order chi connectivity index (χ0) is 17.0. The summed E-state index contributed by atoms with van der Waals surface area (Å²) < 4.78 is 15.4. The van der Waals surface area contributed by atoms with Crippen molar-refractivity contribution < 1.29 is 24.2 Å². The first-order valence-corrected chi connectivity index (χ1v) is 6.74. The van der Waals surface area contributed by atoms with Crippen molar-refractivity contribution in [1.82, 2.24) is 0 Å². The fourth-order valence-electron chi connectivity index (χ4n) is 2.23. The van der Waals surface area contributed by atoms with Crippen LogP contribution in [0.1, 0.15) is 17.2 Å². The molecule has 0 heterocycles. The van der Waals surface area contributed by atoms with Gasteiger partial charge in [-0.15, -0.1) is 0 Å². The van der Waals surface area contributed by atoms with Crippen molar-refractivity contribution in [3.8, 4) is 17.2 Å². The van der Waals surface area contributed by atoms with E-state index in [1.54, 1.807) is 18.2 Å². The Hall–Kier alpha value is -2.80. The Balaban J connectivity index is 2.40. The van der Waals surface area contributed by atoms with Gasteiger partial charge in [-0.3, -0.25) is 10.1 Å². The summed E-state index contributed by atoms with van der Waals surface area (Å²) in [7, 11) is 4.37. The van der Waals surface area contributed by atoms with Crippen molar-refractivity contribution in [2.75, 3.05) is 21.3 Å². The Morgan fingerprint density at radius 2 is 1.43 bits per heavy atom. The van der Waals surface area contributed by atoms with Crippen LogP contribution in [0.5, 0.6) is 17.2 Å². The molecule has 23 heavy (non-hydrogen) atoms. The molecule has 1 unspecified atom stereocenters. The molecule has 0 amide bonds. The number of ether oxygens (including phenoxy) is 3. The van der Waals surface area contributed by atoms with Gasteiger partial charge in [0, 0.05) is 6.07 Å². The van der Waals surface area contributed by atoms with E-state index in [0.717, 1.165) is 0 Å². The van der Waals surface area contributed by atoms with Gasteiger partial charge in [0.25, 0.3) is 0 Å². The van der Waals surface area contributed by atoms with Crippen LogP contribution in [-0.2, 0) is 0 Å². The van der Waals surface area contributed by atoms with E-state index in [-0.39, 0.29) is 11.4 Å². The molecule has 122 valence electrons. The summed E-state index contributed by atoms with van der Waals surface area (Å²) in [6.07, 6.45) is -0.982. The second-order valence-electron chi connectivity index (χ2n) is 4.71. The summed E-state index contributed by atoms with van der Waals surface area (Å²) >= 11 is 0. The Labute approximate surface area is 133 Å². The summed E-state index contributed by atoms with van der Waals surface area (Å²) in [4.78, 5) is 10.4. The van der Waals surface area contributed by atoms with Crippen LogP contribution in [0.3, 0.4) is 0 Å². The smallest absolute Gasteiger partial charge is 0.310 e. The van der Waals surface area contributed by atoms with Crippen LogP contribution in [-0.4, -0.2) is 31.4 Å². The van der Waals surface area contributed by atoms with E-state index < -0.39 is 11.0 Å². The van der Waals surface area contributed by atoms with Gasteiger partial charge in [-0.05, 0) is 35.4 Å². The Morgan fingerprint density at radius 1 is 0.913 bits per heavy atom. The predicted molar refractivity (Wildman–Crippen MR) is 83.3 cm³/mol. The van der Waals surface area contributed by atoms with Crippen molar-refractivity contribution in [2.24, 2.45) is 0 Å². The molecule has 0 aromatic heterocycles. The molecule has 0 aliphatic rings. The SMILES string of the molecule is COc1ccc(C(O)c2ccc([N+](=O)[O-])c(OC)c2)cc1OC. The number of hydrogen-bond acceptors (Lipinski definition) is 6. The highest BCUT2D eigenvalue weighted by Gasteiger charge is 2.19. The second-order valence-corrected chi connectivity index (χ2v) is 4.71. The van der Waals surface area contributed by atoms with E-state index in [0.29, 0.717) is 22.6 Å². The van der Waals surface area contributed by atoms with Gasteiger partial charge in [0.15, 0.2) is 17.2 Å². The first kappa shape index (κ1) is 16.6. The quantitative estimate of drug-likeness (QED) is 0.650. The third-order valence-electron chi connectivity index (χ3n) is 3.44. The average molecular weight is 319 g/mol. The Kier molecular flexibility index (Phi) is 5.02. The van der Waals surface area contributed by atoms with Crippen molar-refractivity contribution >= 4 is 5.69 Å². The minimum absolute atomic E-state index is 0.0898. The molecule has 1 N–H and O–H groups in total. The number of nitrogens with zero attached hydrogens (tertiary/aromatic N) is 1. The predicted octanol–water partition coefficient (Wildman–Crippen LogP) is 2.70. The lowest BCUT2D eigenvalue weighted by molar-refractivity contribution is -0.385. The Morgan fingerprint density at radius 3 is 1.96 bits per heavy atom. The minimum Gasteiger partial charge on any atom is -0.493 e. The molecular formula is C16H17NO6. The highest BCUT2D eigenvalue weighted by Crippen LogP contribution is 2.35. The van der Waals surface area contributed by atoms with Crippen LogP contribution in [0.2, 0.25) is 0 Å². The molecule has 7 heteroatoms. The van der Waals surface area contributed by atoms with Gasteiger partial charge in [0.2, 0.25) is 0 Å².